The van der Waals surface area contributed by atoms with Gasteiger partial charge in [0.05, 0.1) is 6.10 Å². The third kappa shape index (κ3) is 2.26. The first-order chi connectivity index (χ1) is 8.23. The number of hydrogen-bond acceptors (Lipinski definition) is 2. The fourth-order valence-corrected chi connectivity index (χ4v) is 2.41. The van der Waals surface area contributed by atoms with Crippen molar-refractivity contribution in [2.75, 3.05) is 0 Å². The quantitative estimate of drug-likeness (QED) is 0.867. The highest BCUT2D eigenvalue weighted by Crippen LogP contribution is 2.44. The molecule has 2 nitrogen and oxygen atoms in total. The summed E-state index contributed by atoms with van der Waals surface area (Å²) in [6.45, 7) is 10.7. The predicted molar refractivity (Wildman–Crippen MR) is 74.0 cm³/mol. The second kappa shape index (κ2) is 4.27. The summed E-state index contributed by atoms with van der Waals surface area (Å²) in [5, 5.41) is 9.77. The topological polar surface area (TPSA) is 29.5 Å². The molecule has 100 valence electrons. The lowest BCUT2D eigenvalue weighted by molar-refractivity contribution is -0.134. The van der Waals surface area contributed by atoms with E-state index in [1.54, 1.807) is 0 Å². The Hall–Kier alpha value is -1.02. The Morgan fingerprint density at radius 3 is 2.33 bits per heavy atom. The molecule has 2 atom stereocenters. The molecule has 1 aliphatic rings. The van der Waals surface area contributed by atoms with E-state index in [9.17, 15) is 5.11 Å². The van der Waals surface area contributed by atoms with E-state index in [0.717, 1.165) is 12.2 Å². The highest BCUT2D eigenvalue weighted by molar-refractivity contribution is 5.38. The molecule has 0 radical (unpaired) electrons. The molecule has 1 saturated carbocycles. The molecule has 18 heavy (non-hydrogen) atoms. The van der Waals surface area contributed by atoms with E-state index in [4.69, 9.17) is 4.74 Å². The molecule has 1 aromatic rings. The second-order valence-corrected chi connectivity index (χ2v) is 6.93. The summed E-state index contributed by atoms with van der Waals surface area (Å²) < 4.78 is 6.13. The Bertz CT molecular complexity index is 429. The SMILES string of the molecule is CC(C)(C)c1ccccc1OC1CC(O)C1(C)C. The van der Waals surface area contributed by atoms with Crippen LogP contribution in [0.1, 0.15) is 46.6 Å². The van der Waals surface area contributed by atoms with Gasteiger partial charge < -0.3 is 9.84 Å². The van der Waals surface area contributed by atoms with Gasteiger partial charge in [-0.1, -0.05) is 52.8 Å². The molecular weight excluding hydrogens is 224 g/mol. The van der Waals surface area contributed by atoms with Crippen LogP contribution in [0.4, 0.5) is 0 Å². The number of aliphatic hydroxyl groups is 1. The van der Waals surface area contributed by atoms with Gasteiger partial charge in [0.15, 0.2) is 0 Å². The molecule has 0 amide bonds. The van der Waals surface area contributed by atoms with Crippen molar-refractivity contribution in [3.05, 3.63) is 29.8 Å². The van der Waals surface area contributed by atoms with Crippen LogP contribution >= 0.6 is 0 Å². The number of hydrogen-bond donors (Lipinski definition) is 1. The molecule has 1 aliphatic carbocycles. The molecule has 0 bridgehead atoms. The van der Waals surface area contributed by atoms with Gasteiger partial charge in [0, 0.05) is 11.8 Å². The Morgan fingerprint density at radius 1 is 1.22 bits per heavy atom. The van der Waals surface area contributed by atoms with Crippen LogP contribution in [0.2, 0.25) is 0 Å². The smallest absolute Gasteiger partial charge is 0.123 e. The molecule has 2 heteroatoms. The van der Waals surface area contributed by atoms with E-state index in [1.165, 1.54) is 5.56 Å². The average molecular weight is 248 g/mol. The van der Waals surface area contributed by atoms with Crippen LogP contribution in [0.3, 0.4) is 0 Å². The van der Waals surface area contributed by atoms with Crippen molar-refractivity contribution in [1.29, 1.82) is 0 Å². The average Bonchev–Trinajstić information content (AvgIpc) is 2.28. The van der Waals surface area contributed by atoms with Crippen molar-refractivity contribution in [2.24, 2.45) is 5.41 Å². The summed E-state index contributed by atoms with van der Waals surface area (Å²) in [5.41, 5.74) is 1.15. The van der Waals surface area contributed by atoms with E-state index in [-0.39, 0.29) is 23.0 Å². The maximum atomic E-state index is 9.77. The van der Waals surface area contributed by atoms with E-state index in [2.05, 4.69) is 40.7 Å². The zero-order chi connectivity index (χ0) is 13.6. The van der Waals surface area contributed by atoms with Crippen LogP contribution in [0.15, 0.2) is 24.3 Å². The van der Waals surface area contributed by atoms with Crippen molar-refractivity contribution < 1.29 is 9.84 Å². The van der Waals surface area contributed by atoms with Gasteiger partial charge in [-0.25, -0.2) is 0 Å². The molecule has 0 heterocycles. The summed E-state index contributed by atoms with van der Waals surface area (Å²) in [5.74, 6) is 0.954. The summed E-state index contributed by atoms with van der Waals surface area (Å²) in [7, 11) is 0. The van der Waals surface area contributed by atoms with Crippen LogP contribution < -0.4 is 4.74 Å². The highest BCUT2D eigenvalue weighted by atomic mass is 16.5. The van der Waals surface area contributed by atoms with Crippen LogP contribution in [0.25, 0.3) is 0 Å². The van der Waals surface area contributed by atoms with Crippen LogP contribution in [-0.4, -0.2) is 17.3 Å². The van der Waals surface area contributed by atoms with Crippen molar-refractivity contribution in [3.8, 4) is 5.75 Å². The maximum absolute atomic E-state index is 9.77. The minimum absolute atomic E-state index is 0.0725. The molecule has 0 aliphatic heterocycles. The minimum atomic E-state index is -0.246. The van der Waals surface area contributed by atoms with Crippen LogP contribution in [0.5, 0.6) is 5.75 Å². The molecule has 0 spiro atoms. The number of benzene rings is 1. The monoisotopic (exact) mass is 248 g/mol. The number of aliphatic hydroxyl groups excluding tert-OH is 1. The van der Waals surface area contributed by atoms with Crippen LogP contribution in [-0.2, 0) is 5.41 Å². The number of para-hydroxylation sites is 1. The van der Waals surface area contributed by atoms with Crippen LogP contribution in [0, 0.1) is 5.41 Å². The molecule has 0 saturated heterocycles. The molecule has 2 unspecified atom stereocenters. The zero-order valence-corrected chi connectivity index (χ0v) is 12.0. The molecule has 0 aromatic heterocycles. The third-order valence-electron chi connectivity index (χ3n) is 4.09. The molecule has 1 fully saturated rings. The Morgan fingerprint density at radius 2 is 1.83 bits per heavy atom. The van der Waals surface area contributed by atoms with Gasteiger partial charge in [0.25, 0.3) is 0 Å². The van der Waals surface area contributed by atoms with E-state index in [1.807, 2.05) is 18.2 Å². The van der Waals surface area contributed by atoms with Gasteiger partial charge >= 0.3 is 0 Å². The Kier molecular flexibility index (Phi) is 3.18. The molecular formula is C16H24O2. The van der Waals surface area contributed by atoms with Crippen molar-refractivity contribution in [3.63, 3.8) is 0 Å². The Labute approximate surface area is 110 Å². The van der Waals surface area contributed by atoms with Crippen molar-refractivity contribution >= 4 is 0 Å². The van der Waals surface area contributed by atoms with E-state index < -0.39 is 0 Å². The van der Waals surface area contributed by atoms with Gasteiger partial charge in [-0.2, -0.15) is 0 Å². The van der Waals surface area contributed by atoms with E-state index >= 15 is 0 Å². The number of ether oxygens (including phenoxy) is 1. The van der Waals surface area contributed by atoms with Gasteiger partial charge in [0.1, 0.15) is 11.9 Å². The van der Waals surface area contributed by atoms with E-state index in [0.29, 0.717) is 0 Å². The first-order valence-corrected chi connectivity index (χ1v) is 6.67. The van der Waals surface area contributed by atoms with Gasteiger partial charge in [-0.15, -0.1) is 0 Å². The summed E-state index contributed by atoms with van der Waals surface area (Å²) in [6, 6.07) is 8.21. The third-order valence-corrected chi connectivity index (χ3v) is 4.09. The lowest BCUT2D eigenvalue weighted by atomic mass is 9.66. The lowest BCUT2D eigenvalue weighted by Gasteiger charge is -2.48. The fourth-order valence-electron chi connectivity index (χ4n) is 2.41. The van der Waals surface area contributed by atoms with Gasteiger partial charge in [-0.3, -0.25) is 0 Å². The van der Waals surface area contributed by atoms with Gasteiger partial charge in [0.2, 0.25) is 0 Å². The Balaban J connectivity index is 2.21. The molecule has 2 rings (SSSR count). The second-order valence-electron chi connectivity index (χ2n) is 6.93. The maximum Gasteiger partial charge on any atom is 0.123 e. The summed E-state index contributed by atoms with van der Waals surface area (Å²) in [6.07, 6.45) is 0.589. The summed E-state index contributed by atoms with van der Waals surface area (Å²) in [4.78, 5) is 0. The normalized spacial score (nSPS) is 26.6. The summed E-state index contributed by atoms with van der Waals surface area (Å²) >= 11 is 0. The van der Waals surface area contributed by atoms with Gasteiger partial charge in [-0.05, 0) is 17.0 Å². The standard InChI is InChI=1S/C16H24O2/c1-15(2,3)11-8-6-7-9-12(11)18-14-10-13(17)16(14,4)5/h6-9,13-14,17H,10H2,1-5H3. The molecule has 1 aromatic carbocycles. The fraction of sp³-hybridized carbons (Fsp3) is 0.625. The zero-order valence-electron chi connectivity index (χ0n) is 12.0. The largest absolute Gasteiger partial charge is 0.489 e. The minimum Gasteiger partial charge on any atom is -0.489 e. The molecule has 1 N–H and O–H groups in total. The first kappa shape index (κ1) is 13.4. The number of rotatable bonds is 2. The lowest BCUT2D eigenvalue weighted by Crippen LogP contribution is -2.56. The first-order valence-electron chi connectivity index (χ1n) is 6.67. The van der Waals surface area contributed by atoms with Crippen molar-refractivity contribution in [2.45, 2.75) is 58.7 Å². The highest BCUT2D eigenvalue weighted by Gasteiger charge is 2.49. The van der Waals surface area contributed by atoms with Crippen molar-refractivity contribution in [1.82, 2.24) is 0 Å². The predicted octanol–water partition coefficient (Wildman–Crippen LogP) is 3.52.